The number of rotatable bonds is 6. The van der Waals surface area contributed by atoms with Crippen LogP contribution in [0.5, 0.6) is 0 Å². The summed E-state index contributed by atoms with van der Waals surface area (Å²) in [6.07, 6.45) is 2.05. The minimum atomic E-state index is 0.536. The number of hydrogen-bond acceptors (Lipinski definition) is 4. The van der Waals surface area contributed by atoms with Crippen LogP contribution in [0, 0.1) is 3.57 Å². The first-order valence-electron chi connectivity index (χ1n) is 6.57. The fourth-order valence-corrected chi connectivity index (χ4v) is 3.12. The number of hydrogen-bond donors (Lipinski definition) is 1. The molecule has 0 aliphatic carbocycles. The van der Waals surface area contributed by atoms with Crippen LogP contribution in [0.15, 0.2) is 18.2 Å². The van der Waals surface area contributed by atoms with Crippen LogP contribution in [0.4, 0.5) is 0 Å². The fraction of sp³-hybridized carbons (Fsp3) is 0.429. The average molecular weight is 422 g/mol. The average Bonchev–Trinajstić information content (AvgIpc) is 2.86. The van der Waals surface area contributed by atoms with Crippen molar-refractivity contribution in [1.29, 1.82) is 0 Å². The van der Waals surface area contributed by atoms with E-state index in [1.807, 2.05) is 18.2 Å². The van der Waals surface area contributed by atoms with Crippen molar-refractivity contribution in [2.75, 3.05) is 6.54 Å². The quantitative estimate of drug-likeness (QED) is 0.555. The van der Waals surface area contributed by atoms with Crippen LogP contribution in [-0.2, 0) is 6.42 Å². The van der Waals surface area contributed by atoms with Gasteiger partial charge in [-0.15, -0.1) is 10.2 Å². The molecule has 108 valence electrons. The molecule has 0 aliphatic heterocycles. The van der Waals surface area contributed by atoms with Gasteiger partial charge in [-0.3, -0.25) is 0 Å². The molecule has 2 aromatic rings. The molecule has 1 heterocycles. The summed E-state index contributed by atoms with van der Waals surface area (Å²) in [7, 11) is 0. The Kier molecular flexibility index (Phi) is 6.20. The SMILES string of the molecule is CC(C)NCCCc1nnc(-c2ccc(I)c(Cl)c2)s1. The minimum Gasteiger partial charge on any atom is -0.315 e. The van der Waals surface area contributed by atoms with Crippen molar-refractivity contribution >= 4 is 45.5 Å². The molecule has 1 N–H and O–H groups in total. The molecule has 0 unspecified atom stereocenters. The van der Waals surface area contributed by atoms with Crippen LogP contribution < -0.4 is 5.32 Å². The van der Waals surface area contributed by atoms with Gasteiger partial charge in [-0.05, 0) is 47.7 Å². The van der Waals surface area contributed by atoms with Crippen LogP contribution in [0.25, 0.3) is 10.6 Å². The Labute approximate surface area is 142 Å². The van der Waals surface area contributed by atoms with Gasteiger partial charge in [-0.1, -0.05) is 42.9 Å². The van der Waals surface area contributed by atoms with E-state index >= 15 is 0 Å². The summed E-state index contributed by atoms with van der Waals surface area (Å²) in [6.45, 7) is 5.33. The third-order valence-corrected chi connectivity index (χ3v) is 5.36. The highest BCUT2D eigenvalue weighted by Gasteiger charge is 2.08. The smallest absolute Gasteiger partial charge is 0.147 e. The zero-order valence-corrected chi connectivity index (χ0v) is 15.2. The standard InChI is InChI=1S/C14H17ClIN3S/c1-9(2)17-7-3-4-13-18-19-14(20-13)10-5-6-12(16)11(15)8-10/h5-6,8-9,17H,3-4,7H2,1-2H3. The molecule has 0 aliphatic rings. The first-order valence-corrected chi connectivity index (χ1v) is 8.85. The number of aromatic nitrogens is 2. The van der Waals surface area contributed by atoms with Crippen LogP contribution in [0.2, 0.25) is 5.02 Å². The summed E-state index contributed by atoms with van der Waals surface area (Å²) in [6, 6.07) is 6.53. The third-order valence-electron chi connectivity index (χ3n) is 2.75. The van der Waals surface area contributed by atoms with Gasteiger partial charge in [0.2, 0.25) is 0 Å². The molecule has 0 amide bonds. The Hall–Kier alpha value is -0.240. The van der Waals surface area contributed by atoms with E-state index in [1.165, 1.54) is 0 Å². The van der Waals surface area contributed by atoms with E-state index in [1.54, 1.807) is 11.3 Å². The summed E-state index contributed by atoms with van der Waals surface area (Å²) >= 11 is 10.0. The van der Waals surface area contributed by atoms with E-state index in [0.717, 1.165) is 43.6 Å². The van der Waals surface area contributed by atoms with Crippen molar-refractivity contribution in [3.05, 3.63) is 31.8 Å². The normalized spacial score (nSPS) is 11.2. The number of benzene rings is 1. The molecule has 20 heavy (non-hydrogen) atoms. The van der Waals surface area contributed by atoms with Crippen LogP contribution in [0.3, 0.4) is 0 Å². The molecule has 2 rings (SSSR count). The highest BCUT2D eigenvalue weighted by atomic mass is 127. The second-order valence-corrected chi connectivity index (χ2v) is 7.47. The van der Waals surface area contributed by atoms with Crippen molar-refractivity contribution in [3.63, 3.8) is 0 Å². The van der Waals surface area contributed by atoms with Gasteiger partial charge < -0.3 is 5.32 Å². The molecular weight excluding hydrogens is 405 g/mol. The van der Waals surface area contributed by atoms with Gasteiger partial charge in [0.25, 0.3) is 0 Å². The van der Waals surface area contributed by atoms with E-state index in [-0.39, 0.29) is 0 Å². The molecule has 1 aromatic heterocycles. The summed E-state index contributed by atoms with van der Waals surface area (Å²) < 4.78 is 1.05. The van der Waals surface area contributed by atoms with Crippen LogP contribution in [-0.4, -0.2) is 22.8 Å². The topological polar surface area (TPSA) is 37.8 Å². The van der Waals surface area contributed by atoms with Crippen molar-refractivity contribution < 1.29 is 0 Å². The van der Waals surface area contributed by atoms with Gasteiger partial charge in [0, 0.05) is 21.6 Å². The summed E-state index contributed by atoms with van der Waals surface area (Å²) in [5.74, 6) is 0. The minimum absolute atomic E-state index is 0.536. The molecule has 1 aromatic carbocycles. The molecule has 0 saturated heterocycles. The molecule has 0 saturated carbocycles. The third kappa shape index (κ3) is 4.65. The second kappa shape index (κ2) is 7.68. The molecule has 0 atom stereocenters. The Morgan fingerprint density at radius 1 is 1.35 bits per heavy atom. The van der Waals surface area contributed by atoms with E-state index < -0.39 is 0 Å². The number of nitrogens with one attached hydrogen (secondary N) is 1. The largest absolute Gasteiger partial charge is 0.315 e. The molecule has 0 bridgehead atoms. The lowest BCUT2D eigenvalue weighted by Gasteiger charge is -2.05. The van der Waals surface area contributed by atoms with Gasteiger partial charge in [-0.2, -0.15) is 0 Å². The predicted molar refractivity (Wildman–Crippen MR) is 94.5 cm³/mol. The maximum atomic E-state index is 6.14. The van der Waals surface area contributed by atoms with Gasteiger partial charge in [0.1, 0.15) is 10.0 Å². The van der Waals surface area contributed by atoms with Crippen molar-refractivity contribution in [3.8, 4) is 10.6 Å². The molecule has 6 heteroatoms. The lowest BCUT2D eigenvalue weighted by Crippen LogP contribution is -2.23. The Morgan fingerprint density at radius 3 is 2.85 bits per heavy atom. The van der Waals surface area contributed by atoms with Gasteiger partial charge in [0.05, 0.1) is 5.02 Å². The van der Waals surface area contributed by atoms with Gasteiger partial charge in [0.15, 0.2) is 0 Å². The molecule has 0 spiro atoms. The lowest BCUT2D eigenvalue weighted by atomic mass is 10.2. The highest BCUT2D eigenvalue weighted by molar-refractivity contribution is 14.1. The first kappa shape index (κ1) is 16.1. The maximum absolute atomic E-state index is 6.14. The van der Waals surface area contributed by atoms with Crippen LogP contribution >= 0.6 is 45.5 Å². The highest BCUT2D eigenvalue weighted by Crippen LogP contribution is 2.28. The maximum Gasteiger partial charge on any atom is 0.147 e. The molecular formula is C14H17ClIN3S. The Bertz CT molecular complexity index is 571. The van der Waals surface area contributed by atoms with Crippen molar-refractivity contribution in [1.82, 2.24) is 15.5 Å². The van der Waals surface area contributed by atoms with Crippen molar-refractivity contribution in [2.45, 2.75) is 32.7 Å². The van der Waals surface area contributed by atoms with Gasteiger partial charge >= 0.3 is 0 Å². The van der Waals surface area contributed by atoms with Crippen molar-refractivity contribution in [2.24, 2.45) is 0 Å². The molecule has 0 fully saturated rings. The van der Waals surface area contributed by atoms with E-state index in [9.17, 15) is 0 Å². The molecule has 3 nitrogen and oxygen atoms in total. The molecule has 0 radical (unpaired) electrons. The predicted octanol–water partition coefficient (Wildman–Crippen LogP) is 4.39. The number of aryl methyl sites for hydroxylation is 1. The van der Waals surface area contributed by atoms with Crippen LogP contribution in [0.1, 0.15) is 25.3 Å². The van der Waals surface area contributed by atoms with E-state index in [4.69, 9.17) is 11.6 Å². The monoisotopic (exact) mass is 421 g/mol. The zero-order chi connectivity index (χ0) is 14.5. The second-order valence-electron chi connectivity index (χ2n) is 4.84. The summed E-state index contributed by atoms with van der Waals surface area (Å²) in [4.78, 5) is 0. The number of nitrogens with zero attached hydrogens (tertiary/aromatic N) is 2. The van der Waals surface area contributed by atoms with Gasteiger partial charge in [-0.25, -0.2) is 0 Å². The fourth-order valence-electron chi connectivity index (χ4n) is 1.73. The summed E-state index contributed by atoms with van der Waals surface area (Å²) in [5, 5.41) is 14.7. The lowest BCUT2D eigenvalue weighted by molar-refractivity contribution is 0.569. The zero-order valence-electron chi connectivity index (χ0n) is 11.5. The van der Waals surface area contributed by atoms with E-state index in [0.29, 0.717) is 6.04 Å². The Morgan fingerprint density at radius 2 is 2.15 bits per heavy atom. The summed E-state index contributed by atoms with van der Waals surface area (Å²) in [5.41, 5.74) is 1.04. The first-order chi connectivity index (χ1) is 9.56. The van der Waals surface area contributed by atoms with E-state index in [2.05, 4.69) is 52.0 Å². The number of halogens is 2. The Balaban J connectivity index is 1.96.